The number of aromatic nitrogens is 2. The smallest absolute Gasteiger partial charge is 0.255 e. The van der Waals surface area contributed by atoms with E-state index in [1.54, 1.807) is 18.3 Å². The van der Waals surface area contributed by atoms with Gasteiger partial charge in [0.15, 0.2) is 0 Å². The Hall–Kier alpha value is -2.80. The van der Waals surface area contributed by atoms with E-state index in [2.05, 4.69) is 20.8 Å². The van der Waals surface area contributed by atoms with Crippen molar-refractivity contribution in [3.05, 3.63) is 48.2 Å². The Kier molecular flexibility index (Phi) is 3.27. The lowest BCUT2D eigenvalue weighted by Gasteiger charge is -2.17. The number of benzene rings is 2. The van der Waals surface area contributed by atoms with Crippen LogP contribution in [0, 0.1) is 0 Å². The Morgan fingerprint density at radius 1 is 1.26 bits per heavy atom. The summed E-state index contributed by atoms with van der Waals surface area (Å²) in [6.07, 6.45) is 1.71. The van der Waals surface area contributed by atoms with E-state index in [1.165, 1.54) is 11.8 Å². The number of anilines is 2. The fourth-order valence-corrected chi connectivity index (χ4v) is 3.28. The lowest BCUT2D eigenvalue weighted by atomic mass is 10.1. The van der Waals surface area contributed by atoms with Gasteiger partial charge in [-0.15, -0.1) is 11.8 Å². The molecule has 4 rings (SSSR count). The normalized spacial score (nSPS) is 13.5. The van der Waals surface area contributed by atoms with Crippen molar-refractivity contribution in [1.82, 2.24) is 10.2 Å². The molecule has 1 aliphatic heterocycles. The van der Waals surface area contributed by atoms with E-state index >= 15 is 0 Å². The molecule has 0 radical (unpaired) electrons. The summed E-state index contributed by atoms with van der Waals surface area (Å²) >= 11 is 1.47. The monoisotopic (exact) mass is 324 g/mol. The van der Waals surface area contributed by atoms with Gasteiger partial charge in [0.25, 0.3) is 5.91 Å². The minimum absolute atomic E-state index is 0.0534. The molecule has 3 N–H and O–H groups in total. The molecule has 1 aliphatic rings. The maximum Gasteiger partial charge on any atom is 0.255 e. The van der Waals surface area contributed by atoms with Crippen molar-refractivity contribution in [2.75, 3.05) is 16.4 Å². The molecule has 0 saturated carbocycles. The van der Waals surface area contributed by atoms with Crippen molar-refractivity contribution in [2.24, 2.45) is 0 Å². The molecule has 2 amide bonds. The number of nitrogens with zero attached hydrogens (tertiary/aromatic N) is 1. The lowest BCUT2D eigenvalue weighted by Crippen LogP contribution is -2.20. The molecule has 6 nitrogen and oxygen atoms in total. The largest absolute Gasteiger partial charge is 0.324 e. The van der Waals surface area contributed by atoms with E-state index in [0.29, 0.717) is 22.7 Å². The van der Waals surface area contributed by atoms with Crippen LogP contribution in [0.2, 0.25) is 0 Å². The summed E-state index contributed by atoms with van der Waals surface area (Å²) in [4.78, 5) is 24.9. The van der Waals surface area contributed by atoms with Crippen LogP contribution in [0.1, 0.15) is 10.4 Å². The van der Waals surface area contributed by atoms with Crippen LogP contribution < -0.4 is 10.6 Å². The third kappa shape index (κ3) is 2.55. The number of carbonyl (C=O) groups is 2. The summed E-state index contributed by atoms with van der Waals surface area (Å²) in [6.45, 7) is 0. The quantitative estimate of drug-likeness (QED) is 0.676. The molecular weight excluding hydrogens is 312 g/mol. The molecule has 1 aromatic heterocycles. The molecular formula is C16H12N4O2S. The van der Waals surface area contributed by atoms with Crippen molar-refractivity contribution < 1.29 is 9.59 Å². The highest BCUT2D eigenvalue weighted by Gasteiger charge is 2.17. The van der Waals surface area contributed by atoms with Crippen molar-refractivity contribution in [1.29, 1.82) is 0 Å². The van der Waals surface area contributed by atoms with E-state index in [4.69, 9.17) is 0 Å². The molecule has 2 heterocycles. The first-order valence-corrected chi connectivity index (χ1v) is 7.99. The SMILES string of the molecule is O=C1CSc2ccc(C(=O)Nc3cccc4cn[nH]c34)cc2N1. The number of H-pyrrole nitrogens is 1. The number of fused-ring (bicyclic) bond motifs is 2. The number of hydrogen-bond acceptors (Lipinski definition) is 4. The molecule has 114 valence electrons. The molecule has 0 saturated heterocycles. The Balaban J connectivity index is 1.63. The van der Waals surface area contributed by atoms with Crippen molar-refractivity contribution >= 4 is 45.9 Å². The van der Waals surface area contributed by atoms with Crippen LogP contribution in [-0.4, -0.2) is 27.8 Å². The van der Waals surface area contributed by atoms with Gasteiger partial charge in [0.05, 0.1) is 28.8 Å². The number of rotatable bonds is 2. The maximum absolute atomic E-state index is 12.5. The van der Waals surface area contributed by atoms with Gasteiger partial charge in [0.2, 0.25) is 5.91 Å². The van der Waals surface area contributed by atoms with Crippen molar-refractivity contribution in [3.63, 3.8) is 0 Å². The standard InChI is InChI=1S/C16H12N4O2S/c21-14-8-23-13-5-4-9(6-12(13)18-14)16(22)19-11-3-1-2-10-7-17-20-15(10)11/h1-7H,8H2,(H,17,20)(H,18,21)(H,19,22). The van der Waals surface area contributed by atoms with Gasteiger partial charge in [-0.05, 0) is 24.3 Å². The highest BCUT2D eigenvalue weighted by atomic mass is 32.2. The fraction of sp³-hybridized carbons (Fsp3) is 0.0625. The zero-order valence-corrected chi connectivity index (χ0v) is 12.7. The second kappa shape index (κ2) is 5.44. The summed E-state index contributed by atoms with van der Waals surface area (Å²) < 4.78 is 0. The zero-order chi connectivity index (χ0) is 15.8. The summed E-state index contributed by atoms with van der Waals surface area (Å²) in [5, 5.41) is 13.4. The number of thioether (sulfide) groups is 1. The molecule has 0 unspecified atom stereocenters. The first-order valence-electron chi connectivity index (χ1n) is 7.01. The van der Waals surface area contributed by atoms with Crippen molar-refractivity contribution in [2.45, 2.75) is 4.90 Å². The molecule has 0 spiro atoms. The van der Waals surface area contributed by atoms with E-state index in [-0.39, 0.29) is 11.8 Å². The van der Waals surface area contributed by atoms with Crippen LogP contribution in [0.5, 0.6) is 0 Å². The Labute approximate surface area is 135 Å². The first-order chi connectivity index (χ1) is 11.2. The van der Waals surface area contributed by atoms with Gasteiger partial charge in [-0.25, -0.2) is 0 Å². The number of para-hydroxylation sites is 1. The number of amides is 2. The molecule has 7 heteroatoms. The van der Waals surface area contributed by atoms with Gasteiger partial charge in [-0.1, -0.05) is 12.1 Å². The number of nitrogens with one attached hydrogen (secondary N) is 3. The highest BCUT2D eigenvalue weighted by Crippen LogP contribution is 2.32. The molecule has 3 aromatic rings. The van der Waals surface area contributed by atoms with Gasteiger partial charge in [-0.3, -0.25) is 14.7 Å². The third-order valence-electron chi connectivity index (χ3n) is 3.60. The summed E-state index contributed by atoms with van der Waals surface area (Å²) in [5.41, 5.74) is 2.62. The minimum atomic E-state index is -0.236. The van der Waals surface area contributed by atoms with Gasteiger partial charge >= 0.3 is 0 Å². The molecule has 0 bridgehead atoms. The molecule has 2 aromatic carbocycles. The van der Waals surface area contributed by atoms with E-state index in [1.807, 2.05) is 24.3 Å². The summed E-state index contributed by atoms with van der Waals surface area (Å²) in [5.74, 6) is 0.113. The second-order valence-electron chi connectivity index (χ2n) is 5.14. The van der Waals surface area contributed by atoms with Crippen LogP contribution in [0.15, 0.2) is 47.5 Å². The topological polar surface area (TPSA) is 86.9 Å². The Bertz CT molecular complexity index is 935. The predicted molar refractivity (Wildman–Crippen MR) is 89.8 cm³/mol. The summed E-state index contributed by atoms with van der Waals surface area (Å²) in [7, 11) is 0. The second-order valence-corrected chi connectivity index (χ2v) is 6.16. The number of hydrogen-bond donors (Lipinski definition) is 3. The Morgan fingerprint density at radius 2 is 2.17 bits per heavy atom. The van der Waals surface area contributed by atoms with Crippen molar-refractivity contribution in [3.8, 4) is 0 Å². The first kappa shape index (κ1) is 13.8. The third-order valence-corrected chi connectivity index (χ3v) is 4.67. The van der Waals surface area contributed by atoms with Crippen LogP contribution >= 0.6 is 11.8 Å². The van der Waals surface area contributed by atoms with Gasteiger partial charge < -0.3 is 10.6 Å². The fourth-order valence-electron chi connectivity index (χ4n) is 2.49. The zero-order valence-electron chi connectivity index (χ0n) is 11.9. The summed E-state index contributed by atoms with van der Waals surface area (Å²) in [6, 6.07) is 10.9. The average Bonchev–Trinajstić information content (AvgIpc) is 3.03. The molecule has 0 aliphatic carbocycles. The number of aromatic amines is 1. The van der Waals surface area contributed by atoms with Crippen LogP contribution in [0.3, 0.4) is 0 Å². The molecule has 0 fully saturated rings. The Morgan fingerprint density at radius 3 is 3.09 bits per heavy atom. The van der Waals surface area contributed by atoms with Gasteiger partial charge in [-0.2, -0.15) is 5.10 Å². The van der Waals surface area contributed by atoms with Crippen LogP contribution in [0.25, 0.3) is 10.9 Å². The van der Waals surface area contributed by atoms with E-state index in [9.17, 15) is 9.59 Å². The van der Waals surface area contributed by atoms with Gasteiger partial charge in [0.1, 0.15) is 0 Å². The number of carbonyl (C=O) groups excluding carboxylic acids is 2. The molecule has 0 atom stereocenters. The van der Waals surface area contributed by atoms with Crippen LogP contribution in [0.4, 0.5) is 11.4 Å². The molecule has 23 heavy (non-hydrogen) atoms. The van der Waals surface area contributed by atoms with Gasteiger partial charge in [0, 0.05) is 15.8 Å². The predicted octanol–water partition coefficient (Wildman–Crippen LogP) is 2.86. The van der Waals surface area contributed by atoms with Crippen LogP contribution in [-0.2, 0) is 4.79 Å². The lowest BCUT2D eigenvalue weighted by molar-refractivity contribution is -0.113. The maximum atomic E-state index is 12.5. The van der Waals surface area contributed by atoms with E-state index in [0.717, 1.165) is 15.8 Å². The highest BCUT2D eigenvalue weighted by molar-refractivity contribution is 8.00. The minimum Gasteiger partial charge on any atom is -0.324 e. The van der Waals surface area contributed by atoms with E-state index < -0.39 is 0 Å². The average molecular weight is 324 g/mol.